The molecule has 0 aliphatic rings. The lowest BCUT2D eigenvalue weighted by Crippen LogP contribution is -2.32. The molecule has 0 bridgehead atoms. The second-order valence-electron chi connectivity index (χ2n) is 8.49. The first-order valence-electron chi connectivity index (χ1n) is 11.3. The molecule has 4 N–H and O–H groups in total. The van der Waals surface area contributed by atoms with Crippen LogP contribution in [0.25, 0.3) is 0 Å². The number of phenols is 1. The number of hydrogen-bond acceptors (Lipinski definition) is 7. The fraction of sp³-hybridized carbons (Fsp3) is 0.308. The summed E-state index contributed by atoms with van der Waals surface area (Å²) in [5.41, 5.74) is 2.85. The molecule has 0 aromatic heterocycles. The number of ether oxygens (including phenoxy) is 2. The Bertz CT molecular complexity index is 1290. The highest BCUT2D eigenvalue weighted by Crippen LogP contribution is 2.31. The van der Waals surface area contributed by atoms with Crippen molar-refractivity contribution < 1.29 is 28.1 Å². The van der Waals surface area contributed by atoms with Gasteiger partial charge in [0.1, 0.15) is 5.75 Å². The van der Waals surface area contributed by atoms with Gasteiger partial charge in [-0.25, -0.2) is 8.42 Å². The molecule has 0 amide bonds. The van der Waals surface area contributed by atoms with Crippen molar-refractivity contribution in [3.63, 3.8) is 0 Å². The van der Waals surface area contributed by atoms with Gasteiger partial charge in [0.15, 0.2) is 11.5 Å². The molecule has 0 heterocycles. The maximum Gasteiger partial charge on any atom is 0.229 e. The molecule has 1 unspecified atom stereocenters. The minimum absolute atomic E-state index is 0.0769. The number of aliphatic hydroxyl groups excluding tert-OH is 1. The second-order valence-corrected chi connectivity index (χ2v) is 11.2. The predicted octanol–water partition coefficient (Wildman–Crippen LogP) is 4.02. The zero-order chi connectivity index (χ0) is 26.3. The Morgan fingerprint density at radius 2 is 1.67 bits per heavy atom. The molecule has 8 nitrogen and oxygen atoms in total. The van der Waals surface area contributed by atoms with Crippen molar-refractivity contribution >= 4 is 31.6 Å². The van der Waals surface area contributed by atoms with Gasteiger partial charge >= 0.3 is 0 Å². The maximum atomic E-state index is 11.6. The van der Waals surface area contributed by atoms with E-state index in [0.717, 1.165) is 21.9 Å². The van der Waals surface area contributed by atoms with Crippen molar-refractivity contribution in [1.82, 2.24) is 5.32 Å². The highest BCUT2D eigenvalue weighted by Gasteiger charge is 2.18. The van der Waals surface area contributed by atoms with Crippen molar-refractivity contribution in [1.29, 1.82) is 0 Å². The quantitative estimate of drug-likeness (QED) is 0.240. The molecule has 194 valence electrons. The standard InChI is InChI=1S/C26H31BrN2O6S/c1-34-25-10-8-19(15-26(25)35-2)22(13-17-5-4-6-20(27)11-17)28-16-21(30)12-18-7-9-24(31)23(14-18)29-36(3,32)33/h4-11,14-15,21-22,28-31H,12-13,16H2,1-3H3/t21?,22-/m1/s1. The Labute approximate surface area is 220 Å². The topological polar surface area (TPSA) is 117 Å². The molecule has 36 heavy (non-hydrogen) atoms. The van der Waals surface area contributed by atoms with Gasteiger partial charge in [-0.05, 0) is 65.9 Å². The number of nitrogens with one attached hydrogen (secondary N) is 2. The number of halogens is 1. The van der Waals surface area contributed by atoms with Gasteiger partial charge in [-0.3, -0.25) is 4.72 Å². The average Bonchev–Trinajstić information content (AvgIpc) is 2.82. The van der Waals surface area contributed by atoms with Crippen LogP contribution < -0.4 is 19.5 Å². The van der Waals surface area contributed by atoms with Crippen LogP contribution in [0.2, 0.25) is 0 Å². The van der Waals surface area contributed by atoms with E-state index in [-0.39, 0.29) is 30.4 Å². The highest BCUT2D eigenvalue weighted by atomic mass is 79.9. The largest absolute Gasteiger partial charge is 0.506 e. The number of aliphatic hydroxyl groups is 1. The van der Waals surface area contributed by atoms with E-state index in [2.05, 4.69) is 32.0 Å². The van der Waals surface area contributed by atoms with E-state index in [1.165, 1.54) is 12.1 Å². The first kappa shape index (κ1) is 27.8. The number of rotatable bonds is 12. The minimum atomic E-state index is -3.55. The molecule has 3 aromatic rings. The lowest BCUT2D eigenvalue weighted by molar-refractivity contribution is 0.167. The van der Waals surface area contributed by atoms with Gasteiger partial charge < -0.3 is 25.0 Å². The summed E-state index contributed by atoms with van der Waals surface area (Å²) in [4.78, 5) is 0. The summed E-state index contributed by atoms with van der Waals surface area (Å²) in [6.45, 7) is 0.280. The number of benzene rings is 3. The summed E-state index contributed by atoms with van der Waals surface area (Å²) in [5.74, 6) is 1.07. The summed E-state index contributed by atoms with van der Waals surface area (Å²) >= 11 is 3.52. The van der Waals surface area contributed by atoms with Crippen molar-refractivity contribution in [2.24, 2.45) is 0 Å². The maximum absolute atomic E-state index is 11.6. The molecular weight excluding hydrogens is 548 g/mol. The van der Waals surface area contributed by atoms with Crippen LogP contribution in [0, 0.1) is 0 Å². The number of aromatic hydroxyl groups is 1. The van der Waals surface area contributed by atoms with Gasteiger partial charge in [0.25, 0.3) is 0 Å². The van der Waals surface area contributed by atoms with Crippen LogP contribution in [0.3, 0.4) is 0 Å². The first-order valence-corrected chi connectivity index (χ1v) is 13.9. The van der Waals surface area contributed by atoms with Crippen LogP contribution in [-0.2, 0) is 22.9 Å². The van der Waals surface area contributed by atoms with E-state index in [9.17, 15) is 18.6 Å². The number of methoxy groups -OCH3 is 2. The highest BCUT2D eigenvalue weighted by molar-refractivity contribution is 9.10. The van der Waals surface area contributed by atoms with Gasteiger partial charge in [-0.1, -0.05) is 40.2 Å². The molecule has 3 aromatic carbocycles. The molecule has 10 heteroatoms. The Morgan fingerprint density at radius 1 is 0.944 bits per heavy atom. The Kier molecular flexibility index (Phi) is 9.61. The van der Waals surface area contributed by atoms with Crippen molar-refractivity contribution in [2.45, 2.75) is 25.0 Å². The molecule has 2 atom stereocenters. The average molecular weight is 580 g/mol. The molecule has 0 radical (unpaired) electrons. The van der Waals surface area contributed by atoms with E-state index < -0.39 is 16.1 Å². The summed E-state index contributed by atoms with van der Waals surface area (Å²) in [6.07, 6.45) is 1.19. The first-order chi connectivity index (χ1) is 17.1. The molecule has 0 aliphatic carbocycles. The zero-order valence-electron chi connectivity index (χ0n) is 20.4. The zero-order valence-corrected chi connectivity index (χ0v) is 22.8. The fourth-order valence-corrected chi connectivity index (χ4v) is 4.90. The van der Waals surface area contributed by atoms with Gasteiger partial charge in [-0.15, -0.1) is 0 Å². The Balaban J connectivity index is 1.76. The third kappa shape index (κ3) is 8.12. The van der Waals surface area contributed by atoms with E-state index in [1.807, 2.05) is 36.4 Å². The molecular formula is C26H31BrN2O6S. The lowest BCUT2D eigenvalue weighted by Gasteiger charge is -2.23. The predicted molar refractivity (Wildman–Crippen MR) is 144 cm³/mol. The Morgan fingerprint density at radius 3 is 2.33 bits per heavy atom. The fourth-order valence-electron chi connectivity index (χ4n) is 3.89. The van der Waals surface area contributed by atoms with Gasteiger partial charge in [0.2, 0.25) is 10.0 Å². The summed E-state index contributed by atoms with van der Waals surface area (Å²) < 4.78 is 37.2. The summed E-state index contributed by atoms with van der Waals surface area (Å²) in [5, 5.41) is 24.2. The second kappa shape index (κ2) is 12.4. The lowest BCUT2D eigenvalue weighted by atomic mass is 9.97. The molecule has 0 saturated carbocycles. The van der Waals surface area contributed by atoms with E-state index in [0.29, 0.717) is 23.5 Å². The van der Waals surface area contributed by atoms with Crippen molar-refractivity contribution in [3.8, 4) is 17.2 Å². The van der Waals surface area contributed by atoms with Gasteiger partial charge in [-0.2, -0.15) is 0 Å². The molecule has 0 fully saturated rings. The summed E-state index contributed by atoms with van der Waals surface area (Å²) in [7, 11) is -0.370. The van der Waals surface area contributed by atoms with Crippen LogP contribution in [0.5, 0.6) is 17.2 Å². The third-order valence-electron chi connectivity index (χ3n) is 5.57. The van der Waals surface area contributed by atoms with Crippen molar-refractivity contribution in [2.75, 3.05) is 31.7 Å². The normalized spacial score (nSPS) is 13.1. The minimum Gasteiger partial charge on any atom is -0.506 e. The molecule has 0 aliphatic heterocycles. The van der Waals surface area contributed by atoms with Crippen LogP contribution in [-0.4, -0.2) is 51.8 Å². The number of anilines is 1. The van der Waals surface area contributed by atoms with Crippen LogP contribution in [0.4, 0.5) is 5.69 Å². The smallest absolute Gasteiger partial charge is 0.229 e. The number of phenolic OH excluding ortho intramolecular Hbond substituents is 1. The molecule has 3 rings (SSSR count). The SMILES string of the molecule is COc1ccc([C@@H](Cc2cccc(Br)c2)NCC(O)Cc2ccc(O)c(NS(C)(=O)=O)c2)cc1OC. The number of sulfonamides is 1. The van der Waals surface area contributed by atoms with Gasteiger partial charge in [0, 0.05) is 17.1 Å². The Hall–Kier alpha value is -2.79. The van der Waals surface area contributed by atoms with E-state index >= 15 is 0 Å². The van der Waals surface area contributed by atoms with Crippen LogP contribution >= 0.6 is 15.9 Å². The van der Waals surface area contributed by atoms with E-state index in [4.69, 9.17) is 9.47 Å². The monoisotopic (exact) mass is 578 g/mol. The van der Waals surface area contributed by atoms with Crippen LogP contribution in [0.1, 0.15) is 22.7 Å². The third-order valence-corrected chi connectivity index (χ3v) is 6.65. The van der Waals surface area contributed by atoms with Crippen molar-refractivity contribution in [3.05, 3.63) is 81.8 Å². The molecule has 0 saturated heterocycles. The summed E-state index contributed by atoms with van der Waals surface area (Å²) in [6, 6.07) is 18.2. The van der Waals surface area contributed by atoms with E-state index in [1.54, 1.807) is 20.3 Å². The van der Waals surface area contributed by atoms with Crippen LogP contribution in [0.15, 0.2) is 65.1 Å². The van der Waals surface area contributed by atoms with Gasteiger partial charge in [0.05, 0.1) is 32.3 Å². The molecule has 0 spiro atoms. The number of hydrogen-bond donors (Lipinski definition) is 4.